The molecule has 7 aliphatic rings. The molecule has 7 aliphatic carbocycles. The zero-order valence-corrected chi connectivity index (χ0v) is 35.3. The fourth-order valence-electron chi connectivity index (χ4n) is 14.2. The van der Waals surface area contributed by atoms with Gasteiger partial charge < -0.3 is 4.90 Å². The van der Waals surface area contributed by atoms with Gasteiger partial charge in [-0.05, 0) is 183 Å². The lowest BCUT2D eigenvalue weighted by molar-refractivity contribution is -0.0397. The summed E-state index contributed by atoms with van der Waals surface area (Å²) in [7, 11) is 0. The molecule has 1 nitrogen and oxygen atoms in total. The Bertz CT molecular complexity index is 2640. The SMILES string of the molecule is CC1(C)CCC(C)(C)c2cc(N(c3cc(-c4ccccc4)c4c(c3)-c3ccccc3C43C4CC5CC(C4)CC3C5)c3ccc4c(c3)C(C)(C)c3ccccc3-4)ccc21. The van der Waals surface area contributed by atoms with Crippen LogP contribution in [0, 0.1) is 23.7 Å². The highest BCUT2D eigenvalue weighted by Gasteiger charge is 2.62. The summed E-state index contributed by atoms with van der Waals surface area (Å²) >= 11 is 0. The van der Waals surface area contributed by atoms with E-state index in [4.69, 9.17) is 0 Å². The van der Waals surface area contributed by atoms with Crippen LogP contribution >= 0.6 is 0 Å². The van der Waals surface area contributed by atoms with Crippen molar-refractivity contribution in [3.05, 3.63) is 161 Å². The van der Waals surface area contributed by atoms with Crippen molar-refractivity contribution < 1.29 is 0 Å². The van der Waals surface area contributed by atoms with Crippen molar-refractivity contribution in [3.8, 4) is 33.4 Å². The van der Waals surface area contributed by atoms with Gasteiger partial charge in [-0.2, -0.15) is 0 Å². The van der Waals surface area contributed by atoms with E-state index in [0.29, 0.717) is 11.8 Å². The van der Waals surface area contributed by atoms with Crippen LogP contribution in [0.4, 0.5) is 17.1 Å². The lowest BCUT2D eigenvalue weighted by Crippen LogP contribution is -2.55. The number of benzene rings is 6. The molecule has 4 saturated carbocycles. The molecule has 0 saturated heterocycles. The van der Waals surface area contributed by atoms with Gasteiger partial charge in [0.1, 0.15) is 0 Å². The van der Waals surface area contributed by atoms with Crippen molar-refractivity contribution in [2.75, 3.05) is 4.90 Å². The Kier molecular flexibility index (Phi) is 7.18. The number of anilines is 3. The van der Waals surface area contributed by atoms with Crippen molar-refractivity contribution >= 4 is 17.1 Å². The molecule has 0 aliphatic heterocycles. The second kappa shape index (κ2) is 11.9. The van der Waals surface area contributed by atoms with Gasteiger partial charge >= 0.3 is 0 Å². The average Bonchev–Trinajstić information content (AvgIpc) is 3.64. The molecule has 58 heavy (non-hydrogen) atoms. The fraction of sp³-hybridized carbons (Fsp3) is 0.368. The Balaban J connectivity index is 1.14. The van der Waals surface area contributed by atoms with E-state index >= 15 is 0 Å². The molecular weight excluding hydrogens is 699 g/mol. The summed E-state index contributed by atoms with van der Waals surface area (Å²) in [4.78, 5) is 2.63. The van der Waals surface area contributed by atoms with Crippen LogP contribution in [0.5, 0.6) is 0 Å². The van der Waals surface area contributed by atoms with Crippen LogP contribution in [0.25, 0.3) is 33.4 Å². The molecule has 0 aromatic heterocycles. The minimum Gasteiger partial charge on any atom is -0.310 e. The first-order valence-corrected chi connectivity index (χ1v) is 22.5. The second-order valence-electron chi connectivity index (χ2n) is 21.2. The Hall–Kier alpha value is -4.88. The summed E-state index contributed by atoms with van der Waals surface area (Å²) in [6.07, 6.45) is 9.42. The van der Waals surface area contributed by atoms with Gasteiger partial charge in [-0.3, -0.25) is 0 Å². The van der Waals surface area contributed by atoms with Gasteiger partial charge in [-0.1, -0.05) is 133 Å². The van der Waals surface area contributed by atoms with Crippen LogP contribution in [0.3, 0.4) is 0 Å². The summed E-state index contributed by atoms with van der Waals surface area (Å²) in [5.41, 5.74) is 21.6. The smallest absolute Gasteiger partial charge is 0.0474 e. The second-order valence-corrected chi connectivity index (χ2v) is 21.2. The predicted molar refractivity (Wildman–Crippen MR) is 243 cm³/mol. The molecule has 290 valence electrons. The van der Waals surface area contributed by atoms with Crippen molar-refractivity contribution in [2.24, 2.45) is 23.7 Å². The fourth-order valence-corrected chi connectivity index (χ4v) is 14.2. The molecule has 1 spiro atoms. The third-order valence-corrected chi connectivity index (χ3v) is 16.9. The Morgan fingerprint density at radius 3 is 1.64 bits per heavy atom. The number of hydrogen-bond donors (Lipinski definition) is 0. The molecule has 4 fully saturated rings. The highest BCUT2D eigenvalue weighted by molar-refractivity contribution is 5.95. The average molecular weight is 756 g/mol. The Morgan fingerprint density at radius 1 is 0.414 bits per heavy atom. The highest BCUT2D eigenvalue weighted by Crippen LogP contribution is 2.71. The molecule has 4 bridgehead atoms. The predicted octanol–water partition coefficient (Wildman–Crippen LogP) is 15.2. The molecule has 1 heteroatoms. The maximum absolute atomic E-state index is 2.63. The van der Waals surface area contributed by atoms with Gasteiger partial charge in [-0.25, -0.2) is 0 Å². The molecule has 0 heterocycles. The minimum absolute atomic E-state index is 0.0820. The lowest BCUT2D eigenvalue weighted by atomic mass is 9.42. The van der Waals surface area contributed by atoms with Crippen molar-refractivity contribution in [2.45, 2.75) is 108 Å². The van der Waals surface area contributed by atoms with Crippen LogP contribution in [0.1, 0.15) is 120 Å². The third kappa shape index (κ3) is 4.65. The normalized spacial score (nSPS) is 26.8. The van der Waals surface area contributed by atoms with E-state index in [2.05, 4.69) is 174 Å². The first-order valence-electron chi connectivity index (χ1n) is 22.5. The van der Waals surface area contributed by atoms with Gasteiger partial charge in [0.15, 0.2) is 0 Å². The van der Waals surface area contributed by atoms with Crippen LogP contribution in [-0.4, -0.2) is 0 Å². The first-order chi connectivity index (χ1) is 27.9. The number of rotatable bonds is 4. The molecule has 6 aromatic rings. The quantitative estimate of drug-likeness (QED) is 0.173. The molecule has 0 amide bonds. The van der Waals surface area contributed by atoms with E-state index in [9.17, 15) is 0 Å². The van der Waals surface area contributed by atoms with Crippen molar-refractivity contribution in [3.63, 3.8) is 0 Å². The van der Waals surface area contributed by atoms with Gasteiger partial charge in [0.2, 0.25) is 0 Å². The first kappa shape index (κ1) is 35.1. The maximum atomic E-state index is 2.63. The molecule has 0 radical (unpaired) electrons. The standard InChI is InChI=1S/C57H57N/c1-54(2)24-25-55(3,4)52-34-41(21-23-50(52)54)58(40-20-22-45-43-16-10-12-18-48(43)56(5,6)51(45)33-40)42-31-46(37-14-8-7-9-15-37)53-47(32-42)44-17-11-13-19-49(44)57(53)38-27-35-26-36(29-38)30-39(57)28-35/h7-23,31-36,38-39H,24-30H2,1-6H3. The number of fused-ring (bicyclic) bond motifs is 7. The van der Waals surface area contributed by atoms with Gasteiger partial charge in [0.05, 0.1) is 0 Å². The molecule has 0 unspecified atom stereocenters. The van der Waals surface area contributed by atoms with E-state index in [0.717, 1.165) is 11.8 Å². The van der Waals surface area contributed by atoms with Gasteiger partial charge in [0.25, 0.3) is 0 Å². The van der Waals surface area contributed by atoms with E-state index in [1.54, 1.807) is 11.1 Å². The topological polar surface area (TPSA) is 3.24 Å². The van der Waals surface area contributed by atoms with Crippen LogP contribution in [-0.2, 0) is 21.7 Å². The molecular formula is C57H57N. The van der Waals surface area contributed by atoms with Crippen molar-refractivity contribution in [1.82, 2.24) is 0 Å². The monoisotopic (exact) mass is 755 g/mol. The minimum atomic E-state index is -0.0899. The zero-order chi connectivity index (χ0) is 39.3. The lowest BCUT2D eigenvalue weighted by Gasteiger charge is -2.61. The maximum Gasteiger partial charge on any atom is 0.0474 e. The van der Waals surface area contributed by atoms with Crippen LogP contribution in [0.15, 0.2) is 127 Å². The van der Waals surface area contributed by atoms with E-state index in [1.807, 2.05) is 0 Å². The largest absolute Gasteiger partial charge is 0.310 e. The summed E-state index contributed by atoms with van der Waals surface area (Å²) < 4.78 is 0. The van der Waals surface area contributed by atoms with Gasteiger partial charge in [0, 0.05) is 27.9 Å². The highest BCUT2D eigenvalue weighted by atomic mass is 15.1. The van der Waals surface area contributed by atoms with Crippen molar-refractivity contribution in [1.29, 1.82) is 0 Å². The van der Waals surface area contributed by atoms with Gasteiger partial charge in [-0.15, -0.1) is 0 Å². The van der Waals surface area contributed by atoms with E-state index in [-0.39, 0.29) is 21.7 Å². The summed E-state index contributed by atoms with van der Waals surface area (Å²) in [6, 6.07) is 50.3. The van der Waals surface area contributed by atoms with Crippen LogP contribution < -0.4 is 4.90 Å². The zero-order valence-electron chi connectivity index (χ0n) is 35.3. The van der Waals surface area contributed by atoms with Crippen LogP contribution in [0.2, 0.25) is 0 Å². The summed E-state index contributed by atoms with van der Waals surface area (Å²) in [5, 5.41) is 0. The summed E-state index contributed by atoms with van der Waals surface area (Å²) in [5.74, 6) is 3.24. The summed E-state index contributed by atoms with van der Waals surface area (Å²) in [6.45, 7) is 14.7. The molecule has 6 aromatic carbocycles. The Morgan fingerprint density at radius 2 is 0.948 bits per heavy atom. The Labute approximate surface area is 346 Å². The number of nitrogens with zero attached hydrogens (tertiary/aromatic N) is 1. The molecule has 13 rings (SSSR count). The van der Waals surface area contributed by atoms with E-state index in [1.165, 1.54) is 118 Å². The molecule has 0 N–H and O–H groups in total. The number of hydrogen-bond acceptors (Lipinski definition) is 1. The third-order valence-electron chi connectivity index (χ3n) is 16.9. The van der Waals surface area contributed by atoms with E-state index < -0.39 is 0 Å². The molecule has 0 atom stereocenters.